The van der Waals surface area contributed by atoms with E-state index in [-0.39, 0.29) is 31.3 Å². The summed E-state index contributed by atoms with van der Waals surface area (Å²) in [5.74, 6) is 2.84. The molecule has 0 saturated carbocycles. The van der Waals surface area contributed by atoms with E-state index in [0.29, 0.717) is 49.2 Å². The molecule has 3 atom stereocenters. The zero-order valence-electron chi connectivity index (χ0n) is 20.6. The molecule has 5 rings (SSSR count). The van der Waals surface area contributed by atoms with Crippen molar-refractivity contribution >= 4 is 27.6 Å². The summed E-state index contributed by atoms with van der Waals surface area (Å²) in [6, 6.07) is 3.89. The maximum atomic E-state index is 12.8. The SMILES string of the molecule is C.CCS(=O)(=O)N1[C@@H]2CCC[C@H]1CC(N(C)c1nc(Nc3cc(C)[nH]n3)cc(OCC3COC3)n1)C2. The number of ether oxygens (including phenoxy) is 2. The van der Waals surface area contributed by atoms with Crippen molar-refractivity contribution < 1.29 is 17.9 Å². The molecule has 5 heterocycles. The predicted octanol–water partition coefficient (Wildman–Crippen LogP) is 3.08. The lowest BCUT2D eigenvalue weighted by Gasteiger charge is -2.49. The van der Waals surface area contributed by atoms with E-state index >= 15 is 0 Å². The molecule has 2 bridgehead atoms. The van der Waals surface area contributed by atoms with Crippen LogP contribution in [0.5, 0.6) is 5.88 Å². The fourth-order valence-corrected chi connectivity index (χ4v) is 6.89. The lowest BCUT2D eigenvalue weighted by Crippen LogP contribution is -2.58. The lowest BCUT2D eigenvalue weighted by molar-refractivity contribution is -0.0514. The first kappa shape index (κ1) is 26.6. The number of aromatic amines is 1. The summed E-state index contributed by atoms with van der Waals surface area (Å²) < 4.78 is 38.6. The number of aryl methyl sites for hydroxylation is 1. The Morgan fingerprint density at radius 2 is 1.92 bits per heavy atom. The van der Waals surface area contributed by atoms with Crippen molar-refractivity contribution in [3.8, 4) is 5.88 Å². The van der Waals surface area contributed by atoms with Crippen molar-refractivity contribution in [1.29, 1.82) is 0 Å². The highest BCUT2D eigenvalue weighted by atomic mass is 32.2. The van der Waals surface area contributed by atoms with Crippen molar-refractivity contribution in [3.05, 3.63) is 17.8 Å². The Bertz CT molecular complexity index is 1120. The Hall–Kier alpha value is -2.44. The third-order valence-electron chi connectivity index (χ3n) is 7.26. The number of hydrogen-bond donors (Lipinski definition) is 2. The average molecular weight is 522 g/mol. The monoisotopic (exact) mass is 521 g/mol. The maximum absolute atomic E-state index is 12.8. The highest BCUT2D eigenvalue weighted by Gasteiger charge is 2.45. The van der Waals surface area contributed by atoms with Gasteiger partial charge in [-0.05, 0) is 39.5 Å². The number of H-pyrrole nitrogens is 1. The van der Waals surface area contributed by atoms with Crippen LogP contribution in [0.25, 0.3) is 0 Å². The molecule has 3 aliphatic rings. The first-order valence-corrected chi connectivity index (χ1v) is 14.1. The van der Waals surface area contributed by atoms with Crippen LogP contribution in [0.1, 0.15) is 52.1 Å². The summed E-state index contributed by atoms with van der Waals surface area (Å²) in [4.78, 5) is 11.6. The summed E-state index contributed by atoms with van der Waals surface area (Å²) in [5, 5.41) is 10.4. The van der Waals surface area contributed by atoms with Gasteiger partial charge in [-0.2, -0.15) is 19.4 Å². The van der Waals surface area contributed by atoms with Gasteiger partial charge in [0.15, 0.2) is 5.82 Å². The Balaban J connectivity index is 0.00000304. The zero-order valence-corrected chi connectivity index (χ0v) is 21.4. The number of nitrogens with zero attached hydrogens (tertiary/aromatic N) is 5. The molecule has 0 radical (unpaired) electrons. The van der Waals surface area contributed by atoms with Crippen LogP contribution in [0.3, 0.4) is 0 Å². The lowest BCUT2D eigenvalue weighted by atomic mass is 9.83. The zero-order chi connectivity index (χ0) is 24.6. The number of sulfonamides is 1. The van der Waals surface area contributed by atoms with Gasteiger partial charge in [0.05, 0.1) is 25.6 Å². The van der Waals surface area contributed by atoms with Crippen LogP contribution in [0.15, 0.2) is 12.1 Å². The van der Waals surface area contributed by atoms with Gasteiger partial charge in [-0.1, -0.05) is 13.8 Å². The molecular formula is C24H39N7O4S. The molecule has 11 nitrogen and oxygen atoms in total. The molecule has 2 aromatic rings. The Kier molecular flexibility index (Phi) is 8.06. The number of hydrogen-bond acceptors (Lipinski definition) is 9. The molecule has 200 valence electrons. The summed E-state index contributed by atoms with van der Waals surface area (Å²) in [6.07, 6.45) is 4.41. The Morgan fingerprint density at radius 3 is 2.50 bits per heavy atom. The number of aromatic nitrogens is 4. The summed E-state index contributed by atoms with van der Waals surface area (Å²) in [5.41, 5.74) is 0.945. The van der Waals surface area contributed by atoms with Crippen molar-refractivity contribution in [2.75, 3.05) is 42.8 Å². The van der Waals surface area contributed by atoms with E-state index < -0.39 is 10.0 Å². The van der Waals surface area contributed by atoms with Gasteiger partial charge in [0.2, 0.25) is 21.9 Å². The van der Waals surface area contributed by atoms with Gasteiger partial charge in [-0.3, -0.25) is 5.10 Å². The van der Waals surface area contributed by atoms with E-state index in [4.69, 9.17) is 19.4 Å². The van der Waals surface area contributed by atoms with Crippen molar-refractivity contribution in [2.24, 2.45) is 5.92 Å². The van der Waals surface area contributed by atoms with Crippen molar-refractivity contribution in [2.45, 2.75) is 71.5 Å². The minimum atomic E-state index is -3.22. The molecular weight excluding hydrogens is 482 g/mol. The van der Waals surface area contributed by atoms with E-state index in [1.165, 1.54) is 0 Å². The van der Waals surface area contributed by atoms with Crippen LogP contribution in [0.2, 0.25) is 0 Å². The van der Waals surface area contributed by atoms with Gasteiger partial charge in [-0.25, -0.2) is 8.42 Å². The van der Waals surface area contributed by atoms with Gasteiger partial charge in [-0.15, -0.1) is 0 Å². The second-order valence-corrected chi connectivity index (χ2v) is 12.0. The van der Waals surface area contributed by atoms with E-state index in [0.717, 1.165) is 37.8 Å². The predicted molar refractivity (Wildman–Crippen MR) is 139 cm³/mol. The molecule has 3 aliphatic heterocycles. The largest absolute Gasteiger partial charge is 0.477 e. The number of anilines is 3. The normalized spacial score (nSPS) is 24.5. The van der Waals surface area contributed by atoms with Crippen LogP contribution in [0, 0.1) is 12.8 Å². The number of rotatable bonds is 9. The second-order valence-electron chi connectivity index (χ2n) is 9.87. The highest BCUT2D eigenvalue weighted by molar-refractivity contribution is 7.89. The van der Waals surface area contributed by atoms with Crippen LogP contribution in [-0.4, -0.2) is 83.6 Å². The number of nitrogens with one attached hydrogen (secondary N) is 2. The first-order valence-electron chi connectivity index (χ1n) is 12.4. The summed E-state index contributed by atoms with van der Waals surface area (Å²) >= 11 is 0. The summed E-state index contributed by atoms with van der Waals surface area (Å²) in [7, 11) is -1.23. The molecule has 3 saturated heterocycles. The highest BCUT2D eigenvalue weighted by Crippen LogP contribution is 2.38. The minimum absolute atomic E-state index is 0. The smallest absolute Gasteiger partial charge is 0.230 e. The van der Waals surface area contributed by atoms with E-state index in [1.54, 1.807) is 17.3 Å². The van der Waals surface area contributed by atoms with Crippen LogP contribution >= 0.6 is 0 Å². The van der Waals surface area contributed by atoms with E-state index in [1.807, 2.05) is 20.0 Å². The summed E-state index contributed by atoms with van der Waals surface area (Å²) in [6.45, 7) is 5.62. The molecule has 2 aromatic heterocycles. The Labute approximate surface area is 214 Å². The molecule has 0 aliphatic carbocycles. The average Bonchev–Trinajstić information content (AvgIpc) is 3.20. The molecule has 36 heavy (non-hydrogen) atoms. The Morgan fingerprint density at radius 1 is 1.19 bits per heavy atom. The van der Waals surface area contributed by atoms with Crippen LogP contribution < -0.4 is 15.0 Å². The van der Waals surface area contributed by atoms with Crippen molar-refractivity contribution in [3.63, 3.8) is 0 Å². The quantitative estimate of drug-likeness (QED) is 0.512. The topological polar surface area (TPSA) is 126 Å². The van der Waals surface area contributed by atoms with E-state index in [9.17, 15) is 8.42 Å². The third kappa shape index (κ3) is 5.60. The molecule has 1 unspecified atom stereocenters. The maximum Gasteiger partial charge on any atom is 0.230 e. The molecule has 3 fully saturated rings. The standard InChI is InChI=1S/C23H35N7O4S.CH4/c1-4-35(31,32)30-17-6-5-7-18(30)10-19(9-17)29(3)23-25-20(24-21-8-15(2)27-28-21)11-22(26-23)34-14-16-12-33-13-16;/h8,11,16-19H,4-7,9-10,12-14H2,1-3H3,(H2,24,25,26,27,28);1H4/t17-,18+,19?;. The molecule has 12 heteroatoms. The fraction of sp³-hybridized carbons (Fsp3) is 0.708. The third-order valence-corrected chi connectivity index (χ3v) is 9.23. The molecule has 0 aromatic carbocycles. The molecule has 2 N–H and O–H groups in total. The van der Waals surface area contributed by atoms with Gasteiger partial charge < -0.3 is 19.7 Å². The minimum Gasteiger partial charge on any atom is -0.477 e. The second kappa shape index (κ2) is 10.9. The molecule has 0 amide bonds. The van der Waals surface area contributed by atoms with Crippen LogP contribution in [0.4, 0.5) is 17.6 Å². The first-order chi connectivity index (χ1) is 16.8. The van der Waals surface area contributed by atoms with Gasteiger partial charge in [0, 0.05) is 48.9 Å². The molecule has 0 spiro atoms. The number of fused-ring (bicyclic) bond motifs is 2. The van der Waals surface area contributed by atoms with Gasteiger partial charge >= 0.3 is 0 Å². The van der Waals surface area contributed by atoms with Gasteiger partial charge in [0.1, 0.15) is 5.82 Å². The number of piperidine rings is 2. The van der Waals surface area contributed by atoms with E-state index in [2.05, 4.69) is 20.4 Å². The van der Waals surface area contributed by atoms with Gasteiger partial charge in [0.25, 0.3) is 0 Å². The fourth-order valence-electron chi connectivity index (χ4n) is 5.30. The van der Waals surface area contributed by atoms with Crippen molar-refractivity contribution in [1.82, 2.24) is 24.5 Å². The van der Waals surface area contributed by atoms with Crippen LogP contribution in [-0.2, 0) is 14.8 Å².